The van der Waals surface area contributed by atoms with Gasteiger partial charge in [-0.3, -0.25) is 9.59 Å². The van der Waals surface area contributed by atoms with Crippen molar-refractivity contribution in [3.63, 3.8) is 0 Å². The van der Waals surface area contributed by atoms with Crippen LogP contribution in [-0.2, 0) is 36.7 Å². The molecule has 9 nitrogen and oxygen atoms in total. The molecule has 3 aromatic rings. The van der Waals surface area contributed by atoms with Crippen molar-refractivity contribution in [1.82, 2.24) is 15.5 Å². The molecule has 288 valence electrons. The Labute approximate surface area is 317 Å². The van der Waals surface area contributed by atoms with Gasteiger partial charge in [0.05, 0.1) is 0 Å². The van der Waals surface area contributed by atoms with Crippen LogP contribution in [0.3, 0.4) is 0 Å². The highest BCUT2D eigenvalue weighted by molar-refractivity contribution is 5.94. The van der Waals surface area contributed by atoms with Crippen molar-refractivity contribution < 1.29 is 28.7 Å². The van der Waals surface area contributed by atoms with E-state index in [1.54, 1.807) is 46.4 Å². The van der Waals surface area contributed by atoms with Crippen LogP contribution < -0.4 is 10.6 Å². The van der Waals surface area contributed by atoms with E-state index < -0.39 is 53.2 Å². The van der Waals surface area contributed by atoms with Gasteiger partial charge in [0.25, 0.3) is 0 Å². The predicted octanol–water partition coefficient (Wildman–Crippen LogP) is 8.35. The first kappa shape index (κ1) is 42.8. The number of nitrogens with zero attached hydrogens (tertiary/aromatic N) is 1. The minimum Gasteiger partial charge on any atom is -0.458 e. The third-order valence-electron chi connectivity index (χ3n) is 8.85. The number of rotatable bonds is 17. The molecule has 0 bridgehead atoms. The Bertz CT molecular complexity index is 1630. The molecule has 0 aliphatic carbocycles. The molecule has 0 fully saturated rings. The molecule has 0 saturated heterocycles. The van der Waals surface area contributed by atoms with E-state index in [1.807, 2.05) is 92.7 Å². The van der Waals surface area contributed by atoms with E-state index in [0.29, 0.717) is 12.0 Å². The number of hydrogen-bond acceptors (Lipinski definition) is 6. The minimum atomic E-state index is -1.12. The van der Waals surface area contributed by atoms with Gasteiger partial charge in [-0.25, -0.2) is 9.59 Å². The molecule has 0 saturated carbocycles. The zero-order valence-electron chi connectivity index (χ0n) is 33.3. The van der Waals surface area contributed by atoms with Crippen LogP contribution in [0.15, 0.2) is 78.9 Å². The van der Waals surface area contributed by atoms with Crippen molar-refractivity contribution >= 4 is 23.9 Å². The molecule has 0 radical (unpaired) electrons. The maximum absolute atomic E-state index is 15.1. The number of esters is 1. The van der Waals surface area contributed by atoms with Gasteiger partial charge in [0.15, 0.2) is 0 Å². The lowest BCUT2D eigenvalue weighted by atomic mass is 9.93. The van der Waals surface area contributed by atoms with E-state index in [9.17, 15) is 14.4 Å². The van der Waals surface area contributed by atoms with Gasteiger partial charge in [0, 0.05) is 19.4 Å². The van der Waals surface area contributed by atoms with Gasteiger partial charge < -0.3 is 25.0 Å². The second kappa shape index (κ2) is 20.0. The van der Waals surface area contributed by atoms with Crippen LogP contribution >= 0.6 is 0 Å². The molecule has 3 amide bonds. The molecule has 0 aliphatic heterocycles. The maximum atomic E-state index is 15.1. The molecule has 0 heterocycles. The van der Waals surface area contributed by atoms with Gasteiger partial charge in [0.2, 0.25) is 11.8 Å². The Hall–Kier alpha value is -4.66. The molecular weight excluding hydrogens is 666 g/mol. The number of hydrogen-bond donors (Lipinski definition) is 2. The molecular formula is C44H61N3O6. The first-order valence-corrected chi connectivity index (χ1v) is 19.0. The molecule has 3 aromatic carbocycles. The molecule has 3 unspecified atom stereocenters. The lowest BCUT2D eigenvalue weighted by Gasteiger charge is -2.36. The highest BCUT2D eigenvalue weighted by Crippen LogP contribution is 2.29. The lowest BCUT2D eigenvalue weighted by Crippen LogP contribution is -2.55. The van der Waals surface area contributed by atoms with Crippen LogP contribution in [-0.4, -0.2) is 58.6 Å². The fourth-order valence-electron chi connectivity index (χ4n) is 6.14. The molecule has 3 atom stereocenters. The average Bonchev–Trinajstić information content (AvgIpc) is 3.07. The monoisotopic (exact) mass is 727 g/mol. The smallest absolute Gasteiger partial charge is 0.408 e. The normalized spacial score (nSPS) is 13.3. The summed E-state index contributed by atoms with van der Waals surface area (Å²) in [6.45, 7) is 16.9. The van der Waals surface area contributed by atoms with Gasteiger partial charge in [-0.05, 0) is 89.6 Å². The first-order valence-electron chi connectivity index (χ1n) is 19.0. The number of alkyl carbamates (subject to hydrolysis) is 1. The van der Waals surface area contributed by atoms with Crippen LogP contribution in [0.1, 0.15) is 114 Å². The standard InChI is InChI=1S/C44H61N3O6/c1-10-11-12-13-20-28-47(40(49)36(29-33-23-16-14-17-24-33)46-42(51)53-44(7,8)9)38(35-27-21-22-31(2)32(35)3)39(48)45-37(41(50)52-43(4,5)6)30-34-25-18-15-19-26-34/h14-19,21-27,36-38H,10-13,20,28-30H2,1-9H3,(H,45,48)(H,46,51). The second-order valence-corrected chi connectivity index (χ2v) is 15.8. The molecule has 0 spiro atoms. The zero-order valence-corrected chi connectivity index (χ0v) is 33.3. The zero-order chi connectivity index (χ0) is 39.2. The second-order valence-electron chi connectivity index (χ2n) is 15.8. The summed E-state index contributed by atoms with van der Waals surface area (Å²) >= 11 is 0. The Morgan fingerprint density at radius 1 is 0.660 bits per heavy atom. The summed E-state index contributed by atoms with van der Waals surface area (Å²) < 4.78 is 11.4. The topological polar surface area (TPSA) is 114 Å². The third kappa shape index (κ3) is 14.4. The number of carbonyl (C=O) groups is 4. The Morgan fingerprint density at radius 3 is 1.75 bits per heavy atom. The highest BCUT2D eigenvalue weighted by atomic mass is 16.6. The summed E-state index contributed by atoms with van der Waals surface area (Å²) in [6, 6.07) is 21.4. The third-order valence-corrected chi connectivity index (χ3v) is 8.85. The van der Waals surface area contributed by atoms with E-state index in [2.05, 4.69) is 17.6 Å². The number of ether oxygens (including phenoxy) is 2. The summed E-state index contributed by atoms with van der Waals surface area (Å²) in [5.74, 6) is -1.50. The average molecular weight is 728 g/mol. The van der Waals surface area contributed by atoms with Gasteiger partial charge in [-0.15, -0.1) is 0 Å². The summed E-state index contributed by atoms with van der Waals surface area (Å²) in [6.07, 6.45) is 4.26. The number of nitrogens with one attached hydrogen (secondary N) is 2. The summed E-state index contributed by atoms with van der Waals surface area (Å²) in [5, 5.41) is 5.86. The summed E-state index contributed by atoms with van der Waals surface area (Å²) in [7, 11) is 0. The summed E-state index contributed by atoms with van der Waals surface area (Å²) in [4.78, 5) is 58.6. The van der Waals surface area contributed by atoms with E-state index in [0.717, 1.165) is 47.9 Å². The van der Waals surface area contributed by atoms with Gasteiger partial charge >= 0.3 is 12.1 Å². The minimum absolute atomic E-state index is 0.181. The summed E-state index contributed by atoms with van der Waals surface area (Å²) in [5.41, 5.74) is 2.56. The predicted molar refractivity (Wildman–Crippen MR) is 210 cm³/mol. The van der Waals surface area contributed by atoms with Crippen LogP contribution in [0.5, 0.6) is 0 Å². The molecule has 0 aliphatic rings. The van der Waals surface area contributed by atoms with Crippen LogP contribution in [0.25, 0.3) is 0 Å². The SMILES string of the molecule is CCCCCCCN(C(=O)C(Cc1ccccc1)NC(=O)OC(C)(C)C)C(C(=O)NC(Cc1ccccc1)C(=O)OC(C)(C)C)c1cccc(C)c1C. The maximum Gasteiger partial charge on any atom is 0.408 e. The van der Waals surface area contributed by atoms with Crippen LogP contribution in [0, 0.1) is 13.8 Å². The fourth-order valence-corrected chi connectivity index (χ4v) is 6.14. The molecule has 2 N–H and O–H groups in total. The van der Waals surface area contributed by atoms with Gasteiger partial charge in [0.1, 0.15) is 29.3 Å². The lowest BCUT2D eigenvalue weighted by molar-refractivity contribution is -0.159. The number of benzene rings is 3. The molecule has 9 heteroatoms. The Kier molecular flexibility index (Phi) is 16.1. The van der Waals surface area contributed by atoms with Crippen LogP contribution in [0.2, 0.25) is 0 Å². The number of aryl methyl sites for hydroxylation is 1. The van der Waals surface area contributed by atoms with Crippen molar-refractivity contribution in [3.8, 4) is 0 Å². The largest absolute Gasteiger partial charge is 0.458 e. The van der Waals surface area contributed by atoms with Crippen molar-refractivity contribution in [3.05, 3.63) is 107 Å². The van der Waals surface area contributed by atoms with Crippen molar-refractivity contribution in [2.45, 2.75) is 137 Å². The van der Waals surface area contributed by atoms with Gasteiger partial charge in [-0.2, -0.15) is 0 Å². The van der Waals surface area contributed by atoms with Crippen molar-refractivity contribution in [1.29, 1.82) is 0 Å². The van der Waals surface area contributed by atoms with Crippen molar-refractivity contribution in [2.24, 2.45) is 0 Å². The van der Waals surface area contributed by atoms with E-state index in [-0.39, 0.29) is 19.4 Å². The number of carbonyl (C=O) groups excluding carboxylic acids is 4. The first-order chi connectivity index (χ1) is 25.0. The fraction of sp³-hybridized carbons (Fsp3) is 0.500. The van der Waals surface area contributed by atoms with E-state index in [1.165, 1.54) is 0 Å². The number of unbranched alkanes of at least 4 members (excludes halogenated alkanes) is 4. The number of amides is 3. The van der Waals surface area contributed by atoms with Crippen molar-refractivity contribution in [2.75, 3.05) is 6.54 Å². The Balaban J connectivity index is 2.16. The van der Waals surface area contributed by atoms with Crippen LogP contribution in [0.4, 0.5) is 4.79 Å². The molecule has 53 heavy (non-hydrogen) atoms. The van der Waals surface area contributed by atoms with E-state index >= 15 is 4.79 Å². The highest BCUT2D eigenvalue weighted by Gasteiger charge is 2.39. The van der Waals surface area contributed by atoms with Gasteiger partial charge in [-0.1, -0.05) is 111 Å². The quantitative estimate of drug-likeness (QED) is 0.107. The molecule has 3 rings (SSSR count). The van der Waals surface area contributed by atoms with E-state index in [4.69, 9.17) is 9.47 Å². The Morgan fingerprint density at radius 2 is 1.21 bits per heavy atom. The molecule has 0 aromatic heterocycles.